The molecule has 0 heterocycles. The van der Waals surface area contributed by atoms with Gasteiger partial charge >= 0.3 is 0 Å². The number of nitrogens with zero attached hydrogens (tertiary/aromatic N) is 1. The van der Waals surface area contributed by atoms with Gasteiger partial charge in [0.1, 0.15) is 5.41 Å². The summed E-state index contributed by atoms with van der Waals surface area (Å²) in [6.07, 6.45) is 11.1. The second-order valence-corrected chi connectivity index (χ2v) is 6.78. The Hall–Kier alpha value is -0.840. The number of carbonyl (C=O) groups excluding carboxylic acids is 1. The molecule has 1 unspecified atom stereocenters. The fraction of sp³-hybridized carbons (Fsp3) is 0.882. The second kappa shape index (κ2) is 7.08. The molecule has 1 aliphatic carbocycles. The standard InChI is InChI=1S/C17H29NO/c1-4-5-6-7-8-9-10-11-17(14-18)13-12-16(2,3)15(17)19/h4-13H2,1-3H3. The van der Waals surface area contributed by atoms with Crippen LogP contribution in [0.1, 0.15) is 85.0 Å². The van der Waals surface area contributed by atoms with E-state index in [2.05, 4.69) is 13.0 Å². The van der Waals surface area contributed by atoms with Gasteiger partial charge in [-0.15, -0.1) is 0 Å². The van der Waals surface area contributed by atoms with Crippen molar-refractivity contribution in [2.75, 3.05) is 0 Å². The van der Waals surface area contributed by atoms with Gasteiger partial charge in [-0.05, 0) is 19.3 Å². The van der Waals surface area contributed by atoms with E-state index >= 15 is 0 Å². The molecular weight excluding hydrogens is 234 g/mol. The first kappa shape index (κ1) is 16.2. The smallest absolute Gasteiger partial charge is 0.158 e. The third-order valence-corrected chi connectivity index (χ3v) is 4.65. The zero-order valence-corrected chi connectivity index (χ0v) is 12.9. The SMILES string of the molecule is CCCCCCCCCC1(C#N)CCC(C)(C)C1=O. The molecule has 0 aromatic carbocycles. The van der Waals surface area contributed by atoms with Gasteiger partial charge in [0.25, 0.3) is 0 Å². The van der Waals surface area contributed by atoms with Crippen molar-refractivity contribution in [1.82, 2.24) is 0 Å². The van der Waals surface area contributed by atoms with Crippen LogP contribution in [0.15, 0.2) is 0 Å². The maximum Gasteiger partial charge on any atom is 0.158 e. The molecule has 0 saturated heterocycles. The van der Waals surface area contributed by atoms with E-state index in [1.54, 1.807) is 0 Å². The molecule has 108 valence electrons. The van der Waals surface area contributed by atoms with Crippen LogP contribution in [0.25, 0.3) is 0 Å². The van der Waals surface area contributed by atoms with E-state index in [4.69, 9.17) is 0 Å². The number of ketones is 1. The van der Waals surface area contributed by atoms with Crippen LogP contribution in [-0.2, 0) is 4.79 Å². The molecule has 2 nitrogen and oxygen atoms in total. The van der Waals surface area contributed by atoms with Crippen LogP contribution in [0.4, 0.5) is 0 Å². The highest BCUT2D eigenvalue weighted by Crippen LogP contribution is 2.48. The summed E-state index contributed by atoms with van der Waals surface area (Å²) >= 11 is 0. The zero-order valence-electron chi connectivity index (χ0n) is 12.9. The van der Waals surface area contributed by atoms with Gasteiger partial charge in [-0.25, -0.2) is 0 Å². The van der Waals surface area contributed by atoms with Crippen LogP contribution in [0.3, 0.4) is 0 Å². The highest BCUT2D eigenvalue weighted by atomic mass is 16.1. The Balaban J connectivity index is 2.31. The number of unbranched alkanes of at least 4 members (excludes halogenated alkanes) is 6. The molecule has 0 radical (unpaired) electrons. The highest BCUT2D eigenvalue weighted by molar-refractivity contribution is 5.94. The van der Waals surface area contributed by atoms with E-state index in [1.165, 1.54) is 38.5 Å². The van der Waals surface area contributed by atoms with E-state index < -0.39 is 5.41 Å². The molecule has 0 aromatic rings. The monoisotopic (exact) mass is 263 g/mol. The van der Waals surface area contributed by atoms with Crippen molar-refractivity contribution >= 4 is 5.78 Å². The minimum Gasteiger partial charge on any atom is -0.297 e. The Morgan fingerprint density at radius 3 is 2.11 bits per heavy atom. The van der Waals surface area contributed by atoms with Crippen molar-refractivity contribution in [3.05, 3.63) is 0 Å². The molecule has 1 fully saturated rings. The summed E-state index contributed by atoms with van der Waals surface area (Å²) in [6.45, 7) is 6.20. The molecule has 0 N–H and O–H groups in total. The Kier molecular flexibility index (Phi) is 6.04. The molecule has 0 aromatic heterocycles. The summed E-state index contributed by atoms with van der Waals surface area (Å²) in [6, 6.07) is 2.34. The summed E-state index contributed by atoms with van der Waals surface area (Å²) in [5.41, 5.74) is -0.941. The predicted molar refractivity (Wildman–Crippen MR) is 78.7 cm³/mol. The van der Waals surface area contributed by atoms with Gasteiger partial charge < -0.3 is 0 Å². The van der Waals surface area contributed by atoms with E-state index in [-0.39, 0.29) is 11.2 Å². The molecule has 0 aliphatic heterocycles. The Labute approximate surface area is 118 Å². The van der Waals surface area contributed by atoms with Crippen molar-refractivity contribution < 1.29 is 4.79 Å². The third kappa shape index (κ3) is 4.06. The average molecular weight is 263 g/mol. The van der Waals surface area contributed by atoms with E-state index in [9.17, 15) is 10.1 Å². The normalized spacial score (nSPS) is 25.5. The second-order valence-electron chi connectivity index (χ2n) is 6.78. The topological polar surface area (TPSA) is 40.9 Å². The number of rotatable bonds is 8. The molecule has 0 amide bonds. The van der Waals surface area contributed by atoms with Crippen LogP contribution in [-0.4, -0.2) is 5.78 Å². The van der Waals surface area contributed by atoms with Gasteiger partial charge in [-0.1, -0.05) is 65.7 Å². The number of carbonyl (C=O) groups is 1. The number of hydrogen-bond acceptors (Lipinski definition) is 2. The van der Waals surface area contributed by atoms with Crippen LogP contribution >= 0.6 is 0 Å². The fourth-order valence-corrected chi connectivity index (χ4v) is 3.19. The molecule has 1 atom stereocenters. The zero-order chi connectivity index (χ0) is 14.4. The van der Waals surface area contributed by atoms with Crippen molar-refractivity contribution in [2.45, 2.75) is 85.0 Å². The summed E-state index contributed by atoms with van der Waals surface area (Å²) in [5, 5.41) is 9.42. The average Bonchev–Trinajstić information content (AvgIpc) is 2.62. The van der Waals surface area contributed by atoms with E-state index in [1.807, 2.05) is 13.8 Å². The first-order valence-corrected chi connectivity index (χ1v) is 7.95. The van der Waals surface area contributed by atoms with Gasteiger partial charge in [-0.3, -0.25) is 4.79 Å². The van der Waals surface area contributed by atoms with Gasteiger partial charge in [0.2, 0.25) is 0 Å². The lowest BCUT2D eigenvalue weighted by molar-refractivity contribution is -0.130. The third-order valence-electron chi connectivity index (χ3n) is 4.65. The summed E-state index contributed by atoms with van der Waals surface area (Å²) in [5.74, 6) is 0.188. The molecule has 0 bridgehead atoms. The summed E-state index contributed by atoms with van der Waals surface area (Å²) < 4.78 is 0. The number of hydrogen-bond donors (Lipinski definition) is 0. The Bertz CT molecular complexity index is 340. The molecule has 1 aliphatic rings. The molecule has 2 heteroatoms. The predicted octanol–water partition coefficient (Wildman–Crippen LogP) is 5.03. The lowest BCUT2D eigenvalue weighted by Gasteiger charge is -2.22. The molecule has 1 saturated carbocycles. The van der Waals surface area contributed by atoms with Crippen LogP contribution in [0.5, 0.6) is 0 Å². The van der Waals surface area contributed by atoms with E-state index in [0.717, 1.165) is 25.7 Å². The lowest BCUT2D eigenvalue weighted by Crippen LogP contribution is -2.31. The summed E-state index contributed by atoms with van der Waals surface area (Å²) in [7, 11) is 0. The first-order chi connectivity index (χ1) is 8.98. The van der Waals surface area contributed by atoms with Crippen LogP contribution < -0.4 is 0 Å². The number of Topliss-reactive ketones (excluding diaryl/α,β-unsaturated/α-hetero) is 1. The van der Waals surface area contributed by atoms with Crippen LogP contribution in [0.2, 0.25) is 0 Å². The minimum atomic E-state index is -0.660. The molecular formula is C17H29NO. The van der Waals surface area contributed by atoms with Gasteiger partial charge in [0, 0.05) is 5.41 Å². The quantitative estimate of drug-likeness (QED) is 0.576. The fourth-order valence-electron chi connectivity index (χ4n) is 3.19. The van der Waals surface area contributed by atoms with Crippen molar-refractivity contribution in [3.8, 4) is 6.07 Å². The van der Waals surface area contributed by atoms with Crippen molar-refractivity contribution in [3.63, 3.8) is 0 Å². The van der Waals surface area contributed by atoms with E-state index in [0.29, 0.717) is 0 Å². The molecule has 19 heavy (non-hydrogen) atoms. The maximum absolute atomic E-state index is 12.4. The van der Waals surface area contributed by atoms with Gasteiger partial charge in [0.15, 0.2) is 5.78 Å². The molecule has 0 spiro atoms. The van der Waals surface area contributed by atoms with Crippen molar-refractivity contribution in [1.29, 1.82) is 5.26 Å². The van der Waals surface area contributed by atoms with Crippen LogP contribution in [0, 0.1) is 22.2 Å². The van der Waals surface area contributed by atoms with Gasteiger partial charge in [-0.2, -0.15) is 5.26 Å². The molecule has 1 rings (SSSR count). The Morgan fingerprint density at radius 2 is 1.63 bits per heavy atom. The largest absolute Gasteiger partial charge is 0.297 e. The van der Waals surface area contributed by atoms with Crippen molar-refractivity contribution in [2.24, 2.45) is 10.8 Å². The maximum atomic E-state index is 12.4. The highest BCUT2D eigenvalue weighted by Gasteiger charge is 2.51. The van der Waals surface area contributed by atoms with Gasteiger partial charge in [0.05, 0.1) is 6.07 Å². The number of nitriles is 1. The minimum absolute atomic E-state index is 0.188. The first-order valence-electron chi connectivity index (χ1n) is 7.95. The Morgan fingerprint density at radius 1 is 1.05 bits per heavy atom. The lowest BCUT2D eigenvalue weighted by atomic mass is 9.77. The summed E-state index contributed by atoms with van der Waals surface area (Å²) in [4.78, 5) is 12.4.